The standard InChI is InChI=1S/C51H66ClN5O16S/c1-27-10-9-11-37(69-8)51(67)25-35(70-49(66)53-51)28(2)45-50(4,72-45)38(24-42(61)55(6)33-21-31(20-27)22-34(68-7)44(33)52)71-47(64)29(3)54(5)39(58)18-19-74-36-23-43(62)56(46(36)63)26-30-12-14-32(15-13-30)48(65)73-57-40(59)16-17-41(57)60/h9-11,21-22,28-30,32,35-38,45,67H,12-20,23-26H2,1-8H3,(H,53,66)/b11-9+,27-10+/t28-,29+,30-,32-,35+,36+,37-,38+,45+,50+,51+/m1/s1. The van der Waals surface area contributed by atoms with Gasteiger partial charge >= 0.3 is 18.0 Å². The summed E-state index contributed by atoms with van der Waals surface area (Å²) in [5.41, 5.74) is -1.23. The number of carbonyl (C=O) groups is 9. The number of thioether (sulfide) groups is 1. The van der Waals surface area contributed by atoms with Crippen LogP contribution in [-0.2, 0) is 68.6 Å². The van der Waals surface area contributed by atoms with Crippen LogP contribution >= 0.6 is 23.4 Å². The first-order valence-electron chi connectivity index (χ1n) is 24.9. The molecule has 5 aliphatic heterocycles. The number of nitrogens with zero attached hydrogens (tertiary/aromatic N) is 4. The van der Waals surface area contributed by atoms with E-state index in [-0.39, 0.29) is 67.2 Å². The quantitative estimate of drug-likeness (QED) is 0.160. The largest absolute Gasteiger partial charge is 0.495 e. The van der Waals surface area contributed by atoms with Crippen molar-refractivity contribution in [2.24, 2.45) is 17.8 Å². The molecule has 6 aliphatic rings. The molecule has 5 fully saturated rings. The monoisotopic (exact) mass is 1070 g/mol. The minimum atomic E-state index is -1.89. The van der Waals surface area contributed by atoms with E-state index in [2.05, 4.69) is 5.32 Å². The number of allylic oxidation sites excluding steroid dienone is 3. The molecule has 1 aromatic carbocycles. The molecule has 0 aromatic heterocycles. The van der Waals surface area contributed by atoms with Crippen molar-refractivity contribution in [3.63, 3.8) is 0 Å². The van der Waals surface area contributed by atoms with Gasteiger partial charge in [-0.3, -0.25) is 39.0 Å². The lowest BCUT2D eigenvalue weighted by molar-refractivity contribution is -0.201. The second-order valence-corrected chi connectivity index (χ2v) is 22.0. The highest BCUT2D eigenvalue weighted by Gasteiger charge is 2.64. The first-order chi connectivity index (χ1) is 35.0. The van der Waals surface area contributed by atoms with Crippen molar-refractivity contribution >= 4 is 82.5 Å². The lowest BCUT2D eigenvalue weighted by Gasteiger charge is -2.42. The van der Waals surface area contributed by atoms with Gasteiger partial charge in [-0.15, -0.1) is 16.8 Å². The maximum absolute atomic E-state index is 14.4. The zero-order valence-electron chi connectivity index (χ0n) is 42.9. The van der Waals surface area contributed by atoms with Crippen LogP contribution in [0.2, 0.25) is 5.02 Å². The Kier molecular flexibility index (Phi) is 17.6. The molecule has 7 amide bonds. The third-order valence-corrected chi connectivity index (χ3v) is 16.8. The van der Waals surface area contributed by atoms with Crippen LogP contribution in [-0.4, -0.2) is 161 Å². The summed E-state index contributed by atoms with van der Waals surface area (Å²) in [6.07, 6.45) is 2.04. The molecule has 4 saturated heterocycles. The van der Waals surface area contributed by atoms with E-state index in [1.54, 1.807) is 38.1 Å². The van der Waals surface area contributed by atoms with Gasteiger partial charge in [-0.2, -0.15) is 0 Å². The first kappa shape index (κ1) is 56.2. The van der Waals surface area contributed by atoms with Crippen LogP contribution in [0.4, 0.5) is 10.5 Å². The van der Waals surface area contributed by atoms with Gasteiger partial charge in [0.2, 0.25) is 23.6 Å². The van der Waals surface area contributed by atoms with Gasteiger partial charge in [0.05, 0.1) is 36.5 Å². The Hall–Kier alpha value is -5.55. The van der Waals surface area contributed by atoms with Crippen molar-refractivity contribution in [2.75, 3.05) is 45.5 Å². The Morgan fingerprint density at radius 2 is 1.70 bits per heavy atom. The number of fused-ring (bicyclic) bond motifs is 5. The van der Waals surface area contributed by atoms with Gasteiger partial charge in [0.25, 0.3) is 11.8 Å². The minimum absolute atomic E-state index is 0.00240. The molecule has 1 aliphatic carbocycles. The first-order valence-corrected chi connectivity index (χ1v) is 26.3. The number of carbonyl (C=O) groups excluding carboxylic acids is 9. The molecule has 0 spiro atoms. The lowest BCUT2D eigenvalue weighted by atomic mass is 9.82. The second-order valence-electron chi connectivity index (χ2n) is 20.3. The third-order valence-electron chi connectivity index (χ3n) is 15.2. The highest BCUT2D eigenvalue weighted by molar-refractivity contribution is 8.00. The number of epoxide rings is 1. The van der Waals surface area contributed by atoms with E-state index in [1.165, 1.54) is 61.7 Å². The van der Waals surface area contributed by atoms with Crippen molar-refractivity contribution in [3.05, 3.63) is 46.5 Å². The lowest BCUT2D eigenvalue weighted by Crippen LogP contribution is -2.63. The number of esters is 1. The zero-order valence-corrected chi connectivity index (χ0v) is 44.5. The number of ether oxygens (including phenoxy) is 5. The fourth-order valence-corrected chi connectivity index (χ4v) is 11.7. The number of alkyl carbamates (subject to hydrolysis) is 1. The number of nitrogens with one attached hydrogen (secondary N) is 1. The van der Waals surface area contributed by atoms with Crippen molar-refractivity contribution in [1.29, 1.82) is 0 Å². The Morgan fingerprint density at radius 3 is 2.36 bits per heavy atom. The molecule has 9 atom stereocenters. The summed E-state index contributed by atoms with van der Waals surface area (Å²) in [5, 5.41) is 14.4. The predicted octanol–water partition coefficient (Wildman–Crippen LogP) is 4.18. The summed E-state index contributed by atoms with van der Waals surface area (Å²) in [6, 6.07) is 2.36. The number of rotatable bonds is 13. The molecule has 7 rings (SSSR count). The Labute approximate surface area is 438 Å². The Balaban J connectivity index is 0.986. The van der Waals surface area contributed by atoms with E-state index in [4.69, 9.17) is 40.1 Å². The molecule has 1 saturated carbocycles. The second kappa shape index (κ2) is 23.1. The van der Waals surface area contributed by atoms with E-state index in [1.807, 2.05) is 13.0 Å². The topological polar surface area (TPSA) is 258 Å². The molecule has 5 heterocycles. The van der Waals surface area contributed by atoms with E-state index >= 15 is 0 Å². The van der Waals surface area contributed by atoms with Crippen molar-refractivity contribution in [2.45, 2.75) is 145 Å². The number of methoxy groups -OCH3 is 2. The molecule has 0 unspecified atom stereocenters. The van der Waals surface area contributed by atoms with Gasteiger partial charge in [-0.1, -0.05) is 42.3 Å². The average molecular weight is 1070 g/mol. The number of hydrogen-bond acceptors (Lipinski definition) is 17. The normalized spacial score (nSPS) is 32.2. The third kappa shape index (κ3) is 12.2. The number of amides is 7. The number of hydroxylamine groups is 2. The van der Waals surface area contributed by atoms with Gasteiger partial charge in [-0.05, 0) is 76.5 Å². The number of halogens is 1. The molecule has 404 valence electrons. The van der Waals surface area contributed by atoms with Gasteiger partial charge in [0, 0.05) is 71.5 Å². The molecule has 21 nitrogen and oxygen atoms in total. The molecular formula is C51H66ClN5O16S. The Morgan fingerprint density at radius 1 is 1.01 bits per heavy atom. The summed E-state index contributed by atoms with van der Waals surface area (Å²) < 4.78 is 29.4. The number of likely N-dealkylation sites (N-methyl/N-ethyl adjacent to an activating group) is 1. The molecular weight excluding hydrogens is 1010 g/mol. The smallest absolute Gasteiger partial charge is 0.409 e. The van der Waals surface area contributed by atoms with Crippen LogP contribution in [0, 0.1) is 17.8 Å². The summed E-state index contributed by atoms with van der Waals surface area (Å²) >= 11 is 7.98. The number of likely N-dealkylation sites (tertiary alicyclic amines) is 1. The van der Waals surface area contributed by atoms with Crippen LogP contribution < -0.4 is 15.0 Å². The number of imide groups is 2. The van der Waals surface area contributed by atoms with Crippen molar-refractivity contribution in [1.82, 2.24) is 20.2 Å². The molecule has 74 heavy (non-hydrogen) atoms. The SMILES string of the molecule is COc1cc2cc(c1Cl)N(C)C(=O)C[C@H](OC(=O)[C@H](C)N(C)C(=O)CCS[C@H]1CC(=O)N(C[C@H]3CC[C@H](C(=O)ON4C(=O)CCC4=O)CC3)C1=O)[C@]1(C)O[C@H]1[C@H](C)[C@@H]1C[C@@](O)(NC(=O)O1)[C@H](OC)/C=C/C=C(\C)C2. The summed E-state index contributed by atoms with van der Waals surface area (Å²) in [7, 11) is 5.84. The maximum atomic E-state index is 14.4. The number of hydrogen-bond donors (Lipinski definition) is 2. The van der Waals surface area contributed by atoms with Crippen LogP contribution in [0.15, 0.2) is 35.9 Å². The highest BCUT2D eigenvalue weighted by Crippen LogP contribution is 2.49. The van der Waals surface area contributed by atoms with Gasteiger partial charge in [0.15, 0.2) is 5.72 Å². The van der Waals surface area contributed by atoms with Crippen molar-refractivity contribution < 1.29 is 76.8 Å². The average Bonchev–Trinajstić information content (AvgIpc) is 3.87. The number of aliphatic hydroxyl groups is 1. The van der Waals surface area contributed by atoms with E-state index in [0.29, 0.717) is 48.6 Å². The molecule has 2 N–H and O–H groups in total. The van der Waals surface area contributed by atoms with Crippen LogP contribution in [0.25, 0.3) is 0 Å². The zero-order chi connectivity index (χ0) is 54.0. The predicted molar refractivity (Wildman–Crippen MR) is 266 cm³/mol. The maximum Gasteiger partial charge on any atom is 0.409 e. The highest BCUT2D eigenvalue weighted by atomic mass is 35.5. The van der Waals surface area contributed by atoms with Crippen molar-refractivity contribution in [3.8, 4) is 5.75 Å². The summed E-state index contributed by atoms with van der Waals surface area (Å²) in [4.78, 5) is 127. The van der Waals surface area contributed by atoms with E-state index < -0.39 is 107 Å². The molecule has 23 heteroatoms. The van der Waals surface area contributed by atoms with Gasteiger partial charge in [-0.25, -0.2) is 14.4 Å². The van der Waals surface area contributed by atoms with Crippen LogP contribution in [0.1, 0.15) is 97.5 Å². The summed E-state index contributed by atoms with van der Waals surface area (Å²) in [5.74, 6) is -4.93. The minimum Gasteiger partial charge on any atom is -0.495 e. The van der Waals surface area contributed by atoms with E-state index in [0.717, 1.165) is 11.1 Å². The number of benzene rings is 1. The molecule has 4 bridgehead atoms. The van der Waals surface area contributed by atoms with Gasteiger partial charge < -0.3 is 43.4 Å². The fraction of sp³-hybridized carbons (Fsp3) is 0.627. The van der Waals surface area contributed by atoms with E-state index in [9.17, 15) is 48.3 Å². The Bertz CT molecular complexity index is 2470. The van der Waals surface area contributed by atoms with Crippen LogP contribution in [0.5, 0.6) is 5.75 Å². The summed E-state index contributed by atoms with van der Waals surface area (Å²) in [6.45, 7) is 6.99. The molecule has 0 radical (unpaired) electrons. The fourth-order valence-electron chi connectivity index (χ4n) is 10.3. The number of anilines is 1. The molecule has 1 aromatic rings. The van der Waals surface area contributed by atoms with Gasteiger partial charge in [0.1, 0.15) is 40.7 Å². The van der Waals surface area contributed by atoms with Crippen LogP contribution in [0.3, 0.4) is 0 Å².